The molecular weight excluding hydrogens is 642 g/mol. The maximum atomic E-state index is 13.0. The molecule has 48 heavy (non-hydrogen) atoms. The van der Waals surface area contributed by atoms with Crippen LogP contribution in [0.4, 0.5) is 26.3 Å². The minimum atomic E-state index is -4.44. The molecule has 0 radical (unpaired) electrons. The summed E-state index contributed by atoms with van der Waals surface area (Å²) >= 11 is 0. The van der Waals surface area contributed by atoms with Crippen LogP contribution in [-0.2, 0) is 31.5 Å². The van der Waals surface area contributed by atoms with E-state index in [1.165, 1.54) is 29.2 Å². The van der Waals surface area contributed by atoms with Crippen molar-refractivity contribution in [3.8, 4) is 0 Å². The highest BCUT2D eigenvalue weighted by Gasteiger charge is 2.48. The SMILES string of the molecule is CCOC(=O)CN1C(=O)C(c2ccc(C(F)(F)F)cc2)=NC12CCCCC2.O=C1NC2(CCCCC2)N=C1c1ccc(C(F)(F)F)cc1. The number of amides is 2. The molecule has 2 aliphatic heterocycles. The van der Waals surface area contributed by atoms with Crippen LogP contribution in [0.2, 0.25) is 0 Å². The lowest BCUT2D eigenvalue weighted by molar-refractivity contribution is -0.150. The second-order valence-corrected chi connectivity index (χ2v) is 12.4. The molecule has 0 saturated heterocycles. The molecule has 6 rings (SSSR count). The van der Waals surface area contributed by atoms with Gasteiger partial charge < -0.3 is 15.0 Å². The topological polar surface area (TPSA) is 100 Å². The molecule has 8 nitrogen and oxygen atoms in total. The first-order valence-corrected chi connectivity index (χ1v) is 16.0. The zero-order valence-electron chi connectivity index (χ0n) is 26.3. The van der Waals surface area contributed by atoms with Crippen molar-refractivity contribution in [1.82, 2.24) is 10.2 Å². The van der Waals surface area contributed by atoms with E-state index in [0.29, 0.717) is 24.0 Å². The minimum absolute atomic E-state index is 0.106. The van der Waals surface area contributed by atoms with E-state index in [-0.39, 0.29) is 30.5 Å². The molecule has 0 unspecified atom stereocenters. The van der Waals surface area contributed by atoms with Crippen LogP contribution in [-0.4, -0.2) is 58.6 Å². The second kappa shape index (κ2) is 13.7. The summed E-state index contributed by atoms with van der Waals surface area (Å²) in [6, 6.07) is 8.97. The van der Waals surface area contributed by atoms with Crippen molar-refractivity contribution in [2.45, 2.75) is 94.8 Å². The molecule has 2 aromatic carbocycles. The lowest BCUT2D eigenvalue weighted by Gasteiger charge is -2.38. The molecule has 1 N–H and O–H groups in total. The fraction of sp³-hybridized carbons (Fsp3) is 0.500. The molecule has 2 spiro atoms. The smallest absolute Gasteiger partial charge is 0.416 e. The number of carbonyl (C=O) groups is 3. The number of benzene rings is 2. The van der Waals surface area contributed by atoms with Crippen molar-refractivity contribution in [3.63, 3.8) is 0 Å². The molecule has 2 saturated carbocycles. The number of nitrogens with zero attached hydrogens (tertiary/aromatic N) is 3. The number of esters is 1. The first-order chi connectivity index (χ1) is 22.7. The van der Waals surface area contributed by atoms with E-state index in [1.807, 2.05) is 0 Å². The van der Waals surface area contributed by atoms with E-state index < -0.39 is 46.7 Å². The third-order valence-electron chi connectivity index (χ3n) is 9.06. The summed E-state index contributed by atoms with van der Waals surface area (Å²) < 4.78 is 81.0. The normalized spacial score (nSPS) is 20.2. The molecule has 2 aliphatic carbocycles. The summed E-state index contributed by atoms with van der Waals surface area (Å²) in [5, 5.41) is 2.90. The van der Waals surface area contributed by atoms with Gasteiger partial charge in [0.1, 0.15) is 29.3 Å². The molecule has 2 amide bonds. The molecular formula is C34H36F6N4O4. The summed E-state index contributed by atoms with van der Waals surface area (Å²) in [7, 11) is 0. The van der Waals surface area contributed by atoms with Crippen molar-refractivity contribution in [3.05, 3.63) is 70.8 Å². The van der Waals surface area contributed by atoms with Gasteiger partial charge in [0.05, 0.1) is 17.7 Å². The van der Waals surface area contributed by atoms with Gasteiger partial charge in [-0.1, -0.05) is 37.1 Å². The predicted molar refractivity (Wildman–Crippen MR) is 164 cm³/mol. The number of rotatable bonds is 5. The number of ether oxygens (including phenoxy) is 1. The van der Waals surface area contributed by atoms with E-state index in [2.05, 4.69) is 15.3 Å². The highest BCUT2D eigenvalue weighted by atomic mass is 19.4. The van der Waals surface area contributed by atoms with Gasteiger partial charge in [0.15, 0.2) is 0 Å². The Hall–Kier alpha value is -4.23. The Kier molecular flexibility index (Phi) is 10.0. The zero-order chi connectivity index (χ0) is 34.7. The van der Waals surface area contributed by atoms with Crippen LogP contribution in [0.3, 0.4) is 0 Å². The van der Waals surface area contributed by atoms with Gasteiger partial charge in [-0.2, -0.15) is 26.3 Å². The third kappa shape index (κ3) is 7.57. The maximum Gasteiger partial charge on any atom is 0.416 e. The van der Waals surface area contributed by atoms with E-state index in [9.17, 15) is 40.7 Å². The van der Waals surface area contributed by atoms with E-state index in [4.69, 9.17) is 4.74 Å². The molecule has 0 atom stereocenters. The van der Waals surface area contributed by atoms with Crippen molar-refractivity contribution in [1.29, 1.82) is 0 Å². The van der Waals surface area contributed by atoms with Crippen molar-refractivity contribution < 1.29 is 45.5 Å². The number of alkyl halides is 6. The lowest BCUT2D eigenvalue weighted by Crippen LogP contribution is -2.50. The highest BCUT2D eigenvalue weighted by molar-refractivity contribution is 6.47. The predicted octanol–water partition coefficient (Wildman–Crippen LogP) is 6.84. The van der Waals surface area contributed by atoms with Crippen molar-refractivity contribution in [2.24, 2.45) is 9.98 Å². The Balaban J connectivity index is 0.000000194. The van der Waals surface area contributed by atoms with Crippen LogP contribution in [0.15, 0.2) is 58.5 Å². The zero-order valence-corrected chi connectivity index (χ0v) is 26.3. The summed E-state index contributed by atoms with van der Waals surface area (Å²) in [5.41, 5.74) is -1.74. The average molecular weight is 679 g/mol. The lowest BCUT2D eigenvalue weighted by atomic mass is 9.88. The van der Waals surface area contributed by atoms with Crippen LogP contribution in [0.5, 0.6) is 0 Å². The van der Waals surface area contributed by atoms with Gasteiger partial charge in [0.2, 0.25) is 0 Å². The van der Waals surface area contributed by atoms with Gasteiger partial charge >= 0.3 is 18.3 Å². The molecule has 0 aromatic heterocycles. The Labute approximate surface area is 273 Å². The van der Waals surface area contributed by atoms with Gasteiger partial charge in [-0.3, -0.25) is 24.4 Å². The fourth-order valence-electron chi connectivity index (χ4n) is 6.64. The van der Waals surface area contributed by atoms with Crippen LogP contribution in [0.25, 0.3) is 0 Å². The molecule has 2 fully saturated rings. The van der Waals surface area contributed by atoms with Gasteiger partial charge in [-0.25, -0.2) is 0 Å². The fourth-order valence-corrected chi connectivity index (χ4v) is 6.64. The maximum absolute atomic E-state index is 13.0. The Morgan fingerprint density at radius 1 is 0.750 bits per heavy atom. The molecule has 0 bridgehead atoms. The van der Waals surface area contributed by atoms with Crippen molar-refractivity contribution in [2.75, 3.05) is 13.2 Å². The number of nitrogens with one attached hydrogen (secondary N) is 1. The van der Waals surface area contributed by atoms with E-state index in [0.717, 1.165) is 75.6 Å². The van der Waals surface area contributed by atoms with Crippen LogP contribution in [0, 0.1) is 0 Å². The minimum Gasteiger partial charge on any atom is -0.465 e. The summed E-state index contributed by atoms with van der Waals surface area (Å²) in [4.78, 5) is 47.6. The third-order valence-corrected chi connectivity index (χ3v) is 9.06. The quantitative estimate of drug-likeness (QED) is 0.276. The van der Waals surface area contributed by atoms with Crippen molar-refractivity contribution >= 4 is 29.2 Å². The van der Waals surface area contributed by atoms with Gasteiger partial charge in [-0.05, 0) is 82.6 Å². The van der Waals surface area contributed by atoms with E-state index >= 15 is 0 Å². The van der Waals surface area contributed by atoms with Crippen LogP contribution >= 0.6 is 0 Å². The monoisotopic (exact) mass is 678 g/mol. The molecule has 2 heterocycles. The van der Waals surface area contributed by atoms with Gasteiger partial charge in [0, 0.05) is 11.1 Å². The first-order valence-electron chi connectivity index (χ1n) is 16.0. The summed E-state index contributed by atoms with van der Waals surface area (Å²) in [6.45, 7) is 1.69. The highest BCUT2D eigenvalue weighted by Crippen LogP contribution is 2.40. The Bertz CT molecular complexity index is 1570. The molecule has 2 aromatic rings. The number of carbonyl (C=O) groups excluding carboxylic acids is 3. The van der Waals surface area contributed by atoms with Crippen LogP contribution < -0.4 is 5.32 Å². The standard InChI is InChI=1S/C19H21F3N2O3.C15H15F3N2O/c1-2-27-15(25)12-24-17(26)16(23-18(24)10-4-3-5-11-18)13-6-8-14(9-7-13)19(20,21)22;16-15(17,18)11-6-4-10(5-7-11)12-13(21)20-14(19-12)8-2-1-3-9-14/h6-9H,2-5,10-12H2,1H3;4-7H,1-3,8-9H2,(H,20,21). The Morgan fingerprint density at radius 3 is 1.71 bits per heavy atom. The summed E-state index contributed by atoms with van der Waals surface area (Å²) in [6.07, 6.45) is -0.0717. The number of hydrogen-bond acceptors (Lipinski definition) is 6. The number of aliphatic imine (C=N–C) groups is 2. The Morgan fingerprint density at radius 2 is 1.23 bits per heavy atom. The van der Waals surface area contributed by atoms with Crippen LogP contribution in [0.1, 0.15) is 93.4 Å². The van der Waals surface area contributed by atoms with E-state index in [1.54, 1.807) is 6.92 Å². The largest absolute Gasteiger partial charge is 0.465 e. The molecule has 258 valence electrons. The number of hydrogen-bond donors (Lipinski definition) is 1. The van der Waals surface area contributed by atoms with Gasteiger partial charge in [-0.15, -0.1) is 0 Å². The second-order valence-electron chi connectivity index (χ2n) is 12.4. The first kappa shape index (κ1) is 35.1. The average Bonchev–Trinajstić information content (AvgIpc) is 3.50. The van der Waals surface area contributed by atoms with Gasteiger partial charge in [0.25, 0.3) is 11.8 Å². The number of halogens is 6. The molecule has 4 aliphatic rings. The molecule has 14 heteroatoms. The summed E-state index contributed by atoms with van der Waals surface area (Å²) in [5.74, 6) is -1.25.